The maximum Gasteiger partial charge on any atom is 0.313 e. The Hall–Kier alpha value is -2.49. The zero-order valence-electron chi connectivity index (χ0n) is 28.5. The topological polar surface area (TPSA) is 143 Å². The Bertz CT molecular complexity index is 782. The van der Waals surface area contributed by atoms with E-state index in [2.05, 4.69) is 20.8 Å². The van der Waals surface area contributed by atoms with Gasteiger partial charge < -0.3 is 24.1 Å². The smallest absolute Gasteiger partial charge is 0.313 e. The second kappa shape index (κ2) is 28.9. The van der Waals surface area contributed by atoms with Gasteiger partial charge in [-0.05, 0) is 32.1 Å². The van der Waals surface area contributed by atoms with E-state index in [4.69, 9.17) is 18.9 Å². The molecule has 262 valence electrons. The number of aliphatic hydroxyl groups excluding tert-OH is 1. The summed E-state index contributed by atoms with van der Waals surface area (Å²) in [6.07, 6.45) is 16.0. The standard InChI is InChI=1S/C35H62O10/c1-4-7-10-16-21-30(37)42-27-35(26-36,28-43-31(38)22-17-11-8-5-2)29-44-32(39)23-19-14-13-15-20-25-34(41)45-33(40)24-18-12-9-6-3/h36H,4-29H2,1-3H3. The lowest BCUT2D eigenvalue weighted by Crippen LogP contribution is -2.42. The second-order valence-corrected chi connectivity index (χ2v) is 12.2. The van der Waals surface area contributed by atoms with Crippen molar-refractivity contribution in [3.05, 3.63) is 0 Å². The predicted octanol–water partition coefficient (Wildman–Crippen LogP) is 7.31. The number of esters is 5. The molecule has 0 saturated carbocycles. The molecule has 0 aliphatic heterocycles. The maximum atomic E-state index is 12.5. The van der Waals surface area contributed by atoms with E-state index in [-0.39, 0.29) is 51.9 Å². The van der Waals surface area contributed by atoms with Crippen LogP contribution in [0.15, 0.2) is 0 Å². The van der Waals surface area contributed by atoms with E-state index < -0.39 is 41.9 Å². The Balaban J connectivity index is 4.53. The third kappa shape index (κ3) is 25.4. The molecule has 0 heterocycles. The Labute approximate surface area is 271 Å². The first kappa shape index (κ1) is 42.5. The Morgan fingerprint density at radius 1 is 0.422 bits per heavy atom. The van der Waals surface area contributed by atoms with Crippen LogP contribution in [-0.4, -0.2) is 61.4 Å². The summed E-state index contributed by atoms with van der Waals surface area (Å²) in [5, 5.41) is 10.2. The van der Waals surface area contributed by atoms with Crippen LogP contribution in [0.5, 0.6) is 0 Å². The molecule has 0 fully saturated rings. The molecular weight excluding hydrogens is 580 g/mol. The van der Waals surface area contributed by atoms with Gasteiger partial charge in [0.15, 0.2) is 0 Å². The van der Waals surface area contributed by atoms with Crippen LogP contribution in [0.3, 0.4) is 0 Å². The van der Waals surface area contributed by atoms with E-state index >= 15 is 0 Å². The van der Waals surface area contributed by atoms with Gasteiger partial charge in [-0.3, -0.25) is 24.0 Å². The average Bonchev–Trinajstić information content (AvgIpc) is 3.03. The molecule has 0 aromatic rings. The highest BCUT2D eigenvalue weighted by molar-refractivity contribution is 5.85. The van der Waals surface area contributed by atoms with Crippen LogP contribution in [0.4, 0.5) is 0 Å². The van der Waals surface area contributed by atoms with Gasteiger partial charge in [-0.2, -0.15) is 0 Å². The van der Waals surface area contributed by atoms with Gasteiger partial charge >= 0.3 is 29.8 Å². The van der Waals surface area contributed by atoms with Gasteiger partial charge in [0.1, 0.15) is 19.8 Å². The van der Waals surface area contributed by atoms with Crippen LogP contribution < -0.4 is 0 Å². The molecule has 10 heteroatoms. The SMILES string of the molecule is CCCCCCC(=O)OCC(CO)(COC(=O)CCCCCC)COC(=O)CCCCCCCC(=O)OC(=O)CCCCCC. The summed E-state index contributed by atoms with van der Waals surface area (Å²) in [7, 11) is 0. The van der Waals surface area contributed by atoms with Crippen LogP contribution in [0, 0.1) is 5.41 Å². The summed E-state index contributed by atoms with van der Waals surface area (Å²) >= 11 is 0. The molecule has 1 N–H and O–H groups in total. The number of hydrogen-bond acceptors (Lipinski definition) is 10. The highest BCUT2D eigenvalue weighted by Gasteiger charge is 2.35. The fraction of sp³-hybridized carbons (Fsp3) is 0.857. The monoisotopic (exact) mass is 642 g/mol. The molecule has 0 spiro atoms. The molecule has 0 amide bonds. The van der Waals surface area contributed by atoms with Gasteiger partial charge in [0.25, 0.3) is 0 Å². The van der Waals surface area contributed by atoms with Crippen molar-refractivity contribution in [1.29, 1.82) is 0 Å². The number of unbranched alkanes of at least 4 members (excludes halogenated alkanes) is 13. The summed E-state index contributed by atoms with van der Waals surface area (Å²) in [6.45, 7) is 5.09. The van der Waals surface area contributed by atoms with Gasteiger partial charge in [-0.1, -0.05) is 97.8 Å². The fourth-order valence-electron chi connectivity index (χ4n) is 4.57. The Morgan fingerprint density at radius 2 is 0.689 bits per heavy atom. The first-order chi connectivity index (χ1) is 21.7. The van der Waals surface area contributed by atoms with E-state index in [1.807, 2.05) is 0 Å². The highest BCUT2D eigenvalue weighted by atomic mass is 16.6. The lowest BCUT2D eigenvalue weighted by molar-refractivity contribution is -0.166. The van der Waals surface area contributed by atoms with E-state index in [0.29, 0.717) is 25.7 Å². The van der Waals surface area contributed by atoms with Crippen molar-refractivity contribution in [1.82, 2.24) is 0 Å². The van der Waals surface area contributed by atoms with Gasteiger partial charge in [0.2, 0.25) is 0 Å². The zero-order chi connectivity index (χ0) is 33.6. The molecule has 0 aromatic carbocycles. The van der Waals surface area contributed by atoms with Crippen molar-refractivity contribution in [2.75, 3.05) is 26.4 Å². The molecule has 0 bridgehead atoms. The molecule has 0 saturated heterocycles. The fourth-order valence-corrected chi connectivity index (χ4v) is 4.57. The van der Waals surface area contributed by atoms with E-state index in [1.165, 1.54) is 0 Å². The molecule has 0 rings (SSSR count). The normalized spacial score (nSPS) is 11.2. The largest absolute Gasteiger partial charge is 0.465 e. The van der Waals surface area contributed by atoms with Crippen LogP contribution >= 0.6 is 0 Å². The summed E-state index contributed by atoms with van der Waals surface area (Å²) in [5.41, 5.74) is -1.24. The van der Waals surface area contributed by atoms with Crippen molar-refractivity contribution in [3.8, 4) is 0 Å². The van der Waals surface area contributed by atoms with E-state index in [9.17, 15) is 29.1 Å². The van der Waals surface area contributed by atoms with Gasteiger partial charge in [-0.15, -0.1) is 0 Å². The number of ether oxygens (including phenoxy) is 4. The van der Waals surface area contributed by atoms with Gasteiger partial charge in [0, 0.05) is 32.1 Å². The summed E-state index contributed by atoms with van der Waals surface area (Å²) in [5.74, 6) is -2.20. The van der Waals surface area contributed by atoms with Crippen molar-refractivity contribution in [3.63, 3.8) is 0 Å². The second-order valence-electron chi connectivity index (χ2n) is 12.2. The van der Waals surface area contributed by atoms with E-state index in [0.717, 1.165) is 83.5 Å². The summed E-state index contributed by atoms with van der Waals surface area (Å²) < 4.78 is 21.2. The minimum absolute atomic E-state index is 0.171. The van der Waals surface area contributed by atoms with Crippen molar-refractivity contribution < 1.29 is 48.0 Å². The van der Waals surface area contributed by atoms with Gasteiger partial charge in [0.05, 0.1) is 12.0 Å². The first-order valence-electron chi connectivity index (χ1n) is 17.5. The quantitative estimate of drug-likeness (QED) is 0.0367. The van der Waals surface area contributed by atoms with Crippen LogP contribution in [0.1, 0.15) is 162 Å². The number of carbonyl (C=O) groups excluding carboxylic acids is 5. The molecule has 0 unspecified atom stereocenters. The Morgan fingerprint density at radius 3 is 0.978 bits per heavy atom. The maximum absolute atomic E-state index is 12.5. The number of aliphatic hydroxyl groups is 1. The molecule has 0 aliphatic rings. The molecule has 45 heavy (non-hydrogen) atoms. The average molecular weight is 643 g/mol. The molecular formula is C35H62O10. The van der Waals surface area contributed by atoms with Crippen LogP contribution in [0.25, 0.3) is 0 Å². The predicted molar refractivity (Wildman–Crippen MR) is 172 cm³/mol. The molecule has 10 nitrogen and oxygen atoms in total. The first-order valence-corrected chi connectivity index (χ1v) is 17.5. The molecule has 0 atom stereocenters. The molecule has 0 radical (unpaired) electrons. The number of rotatable bonds is 30. The van der Waals surface area contributed by atoms with Crippen LogP contribution in [-0.2, 0) is 42.9 Å². The molecule has 0 aliphatic carbocycles. The van der Waals surface area contributed by atoms with Crippen molar-refractivity contribution in [2.24, 2.45) is 5.41 Å². The molecule has 0 aromatic heterocycles. The minimum Gasteiger partial charge on any atom is -0.465 e. The number of carbonyl (C=O) groups is 5. The third-order valence-electron chi connectivity index (χ3n) is 7.65. The van der Waals surface area contributed by atoms with E-state index in [1.54, 1.807) is 0 Å². The van der Waals surface area contributed by atoms with Crippen molar-refractivity contribution >= 4 is 29.8 Å². The van der Waals surface area contributed by atoms with Crippen LogP contribution in [0.2, 0.25) is 0 Å². The lowest BCUT2D eigenvalue weighted by atomic mass is 9.92. The summed E-state index contributed by atoms with van der Waals surface area (Å²) in [6, 6.07) is 0. The third-order valence-corrected chi connectivity index (χ3v) is 7.65. The summed E-state index contributed by atoms with van der Waals surface area (Å²) in [4.78, 5) is 60.5. The number of hydrogen-bond donors (Lipinski definition) is 1. The minimum atomic E-state index is -1.24. The van der Waals surface area contributed by atoms with Gasteiger partial charge in [-0.25, -0.2) is 0 Å². The Kier molecular flexibility index (Phi) is 27.3. The highest BCUT2D eigenvalue weighted by Crippen LogP contribution is 2.21. The lowest BCUT2D eigenvalue weighted by Gasteiger charge is -2.30. The zero-order valence-corrected chi connectivity index (χ0v) is 28.5. The van der Waals surface area contributed by atoms with Crippen molar-refractivity contribution in [2.45, 2.75) is 162 Å².